The van der Waals surface area contributed by atoms with Crippen LogP contribution < -0.4 is 15.1 Å². The van der Waals surface area contributed by atoms with Gasteiger partial charge < -0.3 is 19.9 Å². The fraction of sp³-hybridized carbons (Fsp3) is 0.391. The molecule has 0 atom stereocenters. The van der Waals surface area contributed by atoms with E-state index in [9.17, 15) is 9.59 Å². The van der Waals surface area contributed by atoms with Crippen molar-refractivity contribution in [2.45, 2.75) is 26.7 Å². The second-order valence-corrected chi connectivity index (χ2v) is 7.48. The molecule has 1 saturated heterocycles. The monoisotopic (exact) mass is 395 g/mol. The van der Waals surface area contributed by atoms with Crippen molar-refractivity contribution in [2.24, 2.45) is 0 Å². The maximum absolute atomic E-state index is 12.8. The summed E-state index contributed by atoms with van der Waals surface area (Å²) in [7, 11) is 0. The van der Waals surface area contributed by atoms with E-state index in [0.29, 0.717) is 13.2 Å². The number of ether oxygens (including phenoxy) is 1. The molecule has 0 aliphatic carbocycles. The average Bonchev–Trinajstić information content (AvgIpc) is 2.73. The van der Waals surface area contributed by atoms with Gasteiger partial charge >= 0.3 is 0 Å². The standard InChI is InChI=1S/C23H29N3O3/c1-17(2)19-8-4-5-9-20(19)24-23(28)16-26(18(3)27)22-11-7-6-10-21(22)25-12-14-29-15-13-25/h4-11,17H,12-16H2,1-3H3,(H,24,28). The fourth-order valence-electron chi connectivity index (χ4n) is 3.58. The van der Waals surface area contributed by atoms with E-state index in [1.807, 2.05) is 48.5 Å². The first-order chi connectivity index (χ1) is 14.0. The van der Waals surface area contributed by atoms with Gasteiger partial charge in [0.05, 0.1) is 24.6 Å². The Kier molecular flexibility index (Phi) is 6.88. The summed E-state index contributed by atoms with van der Waals surface area (Å²) in [6, 6.07) is 15.5. The van der Waals surface area contributed by atoms with Gasteiger partial charge in [0.2, 0.25) is 11.8 Å². The number of benzene rings is 2. The molecule has 2 amide bonds. The van der Waals surface area contributed by atoms with Crippen molar-refractivity contribution in [3.05, 3.63) is 54.1 Å². The van der Waals surface area contributed by atoms with E-state index in [0.717, 1.165) is 35.7 Å². The number of amides is 2. The predicted octanol–water partition coefficient (Wildman–Crippen LogP) is 3.64. The zero-order valence-corrected chi connectivity index (χ0v) is 17.4. The molecule has 0 spiro atoms. The zero-order valence-electron chi connectivity index (χ0n) is 17.4. The number of para-hydroxylation sites is 3. The van der Waals surface area contributed by atoms with E-state index in [1.165, 1.54) is 11.8 Å². The molecule has 2 aromatic rings. The van der Waals surface area contributed by atoms with Crippen molar-refractivity contribution in [3.63, 3.8) is 0 Å². The van der Waals surface area contributed by atoms with Crippen LogP contribution in [0.4, 0.5) is 17.1 Å². The lowest BCUT2D eigenvalue weighted by molar-refractivity contribution is -0.120. The normalized spacial score (nSPS) is 14.0. The third-order valence-corrected chi connectivity index (χ3v) is 5.06. The average molecular weight is 396 g/mol. The summed E-state index contributed by atoms with van der Waals surface area (Å²) >= 11 is 0. The highest BCUT2D eigenvalue weighted by atomic mass is 16.5. The number of hydrogen-bond donors (Lipinski definition) is 1. The summed E-state index contributed by atoms with van der Waals surface area (Å²) in [6.45, 7) is 8.46. The number of nitrogens with zero attached hydrogens (tertiary/aromatic N) is 2. The summed E-state index contributed by atoms with van der Waals surface area (Å²) < 4.78 is 5.44. The summed E-state index contributed by atoms with van der Waals surface area (Å²) in [5.74, 6) is -0.0967. The lowest BCUT2D eigenvalue weighted by Gasteiger charge is -2.33. The molecule has 0 bridgehead atoms. The maximum atomic E-state index is 12.8. The molecule has 29 heavy (non-hydrogen) atoms. The molecule has 1 aliphatic heterocycles. The van der Waals surface area contributed by atoms with Crippen LogP contribution in [0.25, 0.3) is 0 Å². The molecule has 6 nitrogen and oxygen atoms in total. The number of hydrogen-bond acceptors (Lipinski definition) is 4. The van der Waals surface area contributed by atoms with Crippen molar-refractivity contribution in [2.75, 3.05) is 48.0 Å². The van der Waals surface area contributed by atoms with Gasteiger partial charge in [-0.25, -0.2) is 0 Å². The molecule has 0 aromatic heterocycles. The first-order valence-electron chi connectivity index (χ1n) is 10.1. The van der Waals surface area contributed by atoms with Crippen LogP contribution >= 0.6 is 0 Å². The minimum Gasteiger partial charge on any atom is -0.378 e. The molecular formula is C23H29N3O3. The van der Waals surface area contributed by atoms with Gasteiger partial charge in [-0.05, 0) is 29.7 Å². The zero-order chi connectivity index (χ0) is 20.8. The quantitative estimate of drug-likeness (QED) is 0.811. The Balaban J connectivity index is 1.81. The van der Waals surface area contributed by atoms with Crippen molar-refractivity contribution in [1.29, 1.82) is 0 Å². The maximum Gasteiger partial charge on any atom is 0.244 e. The van der Waals surface area contributed by atoms with E-state index in [-0.39, 0.29) is 24.3 Å². The van der Waals surface area contributed by atoms with E-state index >= 15 is 0 Å². The number of nitrogens with one attached hydrogen (secondary N) is 1. The first kappa shape index (κ1) is 20.9. The van der Waals surface area contributed by atoms with Gasteiger partial charge in [-0.3, -0.25) is 9.59 Å². The molecule has 1 heterocycles. The smallest absolute Gasteiger partial charge is 0.244 e. The number of carbonyl (C=O) groups is 2. The van der Waals surface area contributed by atoms with Gasteiger partial charge in [-0.1, -0.05) is 44.2 Å². The Morgan fingerprint density at radius 1 is 1.07 bits per heavy atom. The van der Waals surface area contributed by atoms with Crippen molar-refractivity contribution < 1.29 is 14.3 Å². The number of carbonyl (C=O) groups excluding carboxylic acids is 2. The molecular weight excluding hydrogens is 366 g/mol. The van der Waals surface area contributed by atoms with Crippen LogP contribution in [-0.2, 0) is 14.3 Å². The molecule has 1 fully saturated rings. The van der Waals surface area contributed by atoms with Gasteiger partial charge in [0.15, 0.2) is 0 Å². The minimum atomic E-state index is -0.218. The Bertz CT molecular complexity index is 860. The highest BCUT2D eigenvalue weighted by Crippen LogP contribution is 2.30. The molecule has 0 unspecified atom stereocenters. The van der Waals surface area contributed by atoms with Gasteiger partial charge in [-0.15, -0.1) is 0 Å². The topological polar surface area (TPSA) is 61.9 Å². The van der Waals surface area contributed by atoms with E-state index in [4.69, 9.17) is 4.74 Å². The summed E-state index contributed by atoms with van der Waals surface area (Å²) in [6.07, 6.45) is 0. The van der Waals surface area contributed by atoms with Crippen LogP contribution in [0.2, 0.25) is 0 Å². The minimum absolute atomic E-state index is 0.0386. The van der Waals surface area contributed by atoms with Gasteiger partial charge in [0.25, 0.3) is 0 Å². The molecule has 1 N–H and O–H groups in total. The van der Waals surface area contributed by atoms with Crippen LogP contribution in [0.15, 0.2) is 48.5 Å². The van der Waals surface area contributed by atoms with Gasteiger partial charge in [0, 0.05) is 25.7 Å². The van der Waals surface area contributed by atoms with Crippen molar-refractivity contribution in [3.8, 4) is 0 Å². The summed E-state index contributed by atoms with van der Waals surface area (Å²) in [5, 5.41) is 2.98. The molecule has 1 aliphatic rings. The Hall–Kier alpha value is -2.86. The number of anilines is 3. The Morgan fingerprint density at radius 3 is 2.41 bits per heavy atom. The van der Waals surface area contributed by atoms with Gasteiger partial charge in [0.1, 0.15) is 6.54 Å². The fourth-order valence-corrected chi connectivity index (χ4v) is 3.58. The summed E-state index contributed by atoms with van der Waals surface area (Å²) in [5.41, 5.74) is 3.55. The summed E-state index contributed by atoms with van der Waals surface area (Å²) in [4.78, 5) is 29.0. The largest absolute Gasteiger partial charge is 0.378 e. The SMILES string of the molecule is CC(=O)N(CC(=O)Nc1ccccc1C(C)C)c1ccccc1N1CCOCC1. The van der Waals surface area contributed by atoms with Crippen molar-refractivity contribution >= 4 is 28.9 Å². The third kappa shape index (κ3) is 5.15. The highest BCUT2D eigenvalue weighted by Gasteiger charge is 2.22. The molecule has 0 radical (unpaired) electrons. The Labute approximate surface area is 172 Å². The van der Waals surface area contributed by atoms with Crippen LogP contribution in [0, 0.1) is 0 Å². The van der Waals surface area contributed by atoms with Crippen LogP contribution in [-0.4, -0.2) is 44.7 Å². The molecule has 3 rings (SSSR count). The van der Waals surface area contributed by atoms with E-state index in [2.05, 4.69) is 24.1 Å². The lowest BCUT2D eigenvalue weighted by atomic mass is 10.0. The second kappa shape index (κ2) is 9.56. The molecule has 2 aromatic carbocycles. The lowest BCUT2D eigenvalue weighted by Crippen LogP contribution is -2.40. The third-order valence-electron chi connectivity index (χ3n) is 5.06. The van der Waals surface area contributed by atoms with E-state index in [1.54, 1.807) is 0 Å². The van der Waals surface area contributed by atoms with Gasteiger partial charge in [-0.2, -0.15) is 0 Å². The first-order valence-corrected chi connectivity index (χ1v) is 10.1. The van der Waals surface area contributed by atoms with Crippen LogP contribution in [0.3, 0.4) is 0 Å². The molecule has 0 saturated carbocycles. The molecule has 6 heteroatoms. The highest BCUT2D eigenvalue weighted by molar-refractivity contribution is 6.03. The molecule has 154 valence electrons. The number of rotatable bonds is 6. The predicted molar refractivity (Wildman–Crippen MR) is 117 cm³/mol. The second-order valence-electron chi connectivity index (χ2n) is 7.48. The van der Waals surface area contributed by atoms with Crippen LogP contribution in [0.1, 0.15) is 32.3 Å². The Morgan fingerprint density at radius 2 is 1.72 bits per heavy atom. The number of morpholine rings is 1. The van der Waals surface area contributed by atoms with E-state index < -0.39 is 0 Å². The van der Waals surface area contributed by atoms with Crippen molar-refractivity contribution in [1.82, 2.24) is 0 Å². The van der Waals surface area contributed by atoms with Crippen LogP contribution in [0.5, 0.6) is 0 Å².